The van der Waals surface area contributed by atoms with Crippen LogP contribution in [0, 0.1) is 0 Å². The maximum Gasteiger partial charge on any atom is 0.211 e. The molecule has 0 radical (unpaired) electrons. The van der Waals surface area contributed by atoms with Gasteiger partial charge >= 0.3 is 0 Å². The van der Waals surface area contributed by atoms with Crippen LogP contribution < -0.4 is 31.9 Å². The molecule has 3 aliphatic heterocycles. The number of fused-ring (bicyclic) bond motifs is 7. The maximum atomic E-state index is 10.6. The summed E-state index contributed by atoms with van der Waals surface area (Å²) in [4.78, 5) is 10.6. The van der Waals surface area contributed by atoms with Crippen LogP contribution in [0.1, 0.15) is 38.5 Å². The number of hydrogen-bond donors (Lipinski definition) is 6. The van der Waals surface area contributed by atoms with Crippen molar-refractivity contribution in [1.29, 1.82) is 0 Å². The van der Waals surface area contributed by atoms with Crippen LogP contribution in [-0.2, 0) is 4.79 Å². The molecule has 0 saturated carbocycles. The van der Waals surface area contributed by atoms with Crippen molar-refractivity contribution < 1.29 is 4.79 Å². The Morgan fingerprint density at radius 3 is 1.17 bits per heavy atom. The zero-order valence-electron chi connectivity index (χ0n) is 37.7. The number of carbonyl (C=O) groups excluding carboxylic acids is 1. The van der Waals surface area contributed by atoms with E-state index >= 15 is 0 Å². The molecule has 0 aliphatic carbocycles. The third-order valence-electron chi connectivity index (χ3n) is 13.0. The fourth-order valence-corrected chi connectivity index (χ4v) is 9.62. The number of benzene rings is 9. The molecule has 6 N–H and O–H groups in total. The SMILES string of the molecule is C1CCNC1.C=C(Nc1c2ccccc2cc2ccccc12)C1CCCN1.C=C(Nc1c2ccccc2cc2ccccc12)[C@@H]1CCCN1.O=CNc1cc2ccccc2c2ccccc12. The Morgan fingerprint density at radius 2 is 0.803 bits per heavy atom. The topological polar surface area (TPSA) is 89.2 Å². The molecule has 7 nitrogen and oxygen atoms in total. The minimum atomic E-state index is 0.373. The first-order valence-electron chi connectivity index (χ1n) is 23.6. The molecule has 3 saturated heterocycles. The van der Waals surface area contributed by atoms with Gasteiger partial charge in [0, 0.05) is 56.1 Å². The quantitative estimate of drug-likeness (QED) is 0.0518. The first-order valence-corrected chi connectivity index (χ1v) is 23.6. The summed E-state index contributed by atoms with van der Waals surface area (Å²) in [5.41, 5.74) is 5.34. The van der Waals surface area contributed by atoms with Gasteiger partial charge in [-0.3, -0.25) is 4.79 Å². The molecule has 66 heavy (non-hydrogen) atoms. The summed E-state index contributed by atoms with van der Waals surface area (Å²) in [6.45, 7) is 13.2. The van der Waals surface area contributed by atoms with Crippen LogP contribution in [0.15, 0.2) is 188 Å². The Balaban J connectivity index is 0.000000119. The average Bonchev–Trinajstić information content (AvgIpc) is 4.22. The Hall–Kier alpha value is -7.03. The maximum absolute atomic E-state index is 10.6. The lowest BCUT2D eigenvalue weighted by molar-refractivity contribution is -0.105. The van der Waals surface area contributed by atoms with Crippen molar-refractivity contribution in [2.75, 3.05) is 42.1 Å². The minimum Gasteiger partial charge on any atom is -0.357 e. The summed E-state index contributed by atoms with van der Waals surface area (Å²) < 4.78 is 0. The van der Waals surface area contributed by atoms with E-state index in [4.69, 9.17) is 0 Å². The molecule has 3 aliphatic rings. The summed E-state index contributed by atoms with van der Waals surface area (Å²) in [5, 5.41) is 34.8. The Morgan fingerprint density at radius 1 is 0.439 bits per heavy atom. The van der Waals surface area contributed by atoms with E-state index in [1.165, 1.54) is 98.6 Å². The van der Waals surface area contributed by atoms with Crippen LogP contribution in [0.3, 0.4) is 0 Å². The van der Waals surface area contributed by atoms with Gasteiger partial charge in [-0.15, -0.1) is 0 Å². The second-order valence-corrected chi connectivity index (χ2v) is 17.4. The molecule has 0 aromatic heterocycles. The molecule has 0 bridgehead atoms. The molecule has 1 unspecified atom stereocenters. The molecule has 12 rings (SSSR count). The van der Waals surface area contributed by atoms with Crippen molar-refractivity contribution >= 4 is 88.1 Å². The van der Waals surface area contributed by atoms with Crippen LogP contribution in [0.5, 0.6) is 0 Å². The Kier molecular flexibility index (Phi) is 14.3. The third-order valence-corrected chi connectivity index (χ3v) is 13.0. The number of amides is 1. The highest BCUT2D eigenvalue weighted by molar-refractivity contribution is 6.15. The van der Waals surface area contributed by atoms with Gasteiger partial charge < -0.3 is 31.9 Å². The number of rotatable bonds is 8. The lowest BCUT2D eigenvalue weighted by Crippen LogP contribution is -2.26. The molecular weight excluding hydrogens is 809 g/mol. The zero-order valence-corrected chi connectivity index (χ0v) is 37.7. The molecular formula is C59H60N6O. The number of anilines is 3. The first kappa shape index (κ1) is 44.2. The third kappa shape index (κ3) is 10.1. The summed E-state index contributed by atoms with van der Waals surface area (Å²) in [6.07, 6.45) is 8.27. The van der Waals surface area contributed by atoms with Crippen molar-refractivity contribution in [3.05, 3.63) is 188 Å². The van der Waals surface area contributed by atoms with Crippen LogP contribution in [0.4, 0.5) is 17.1 Å². The van der Waals surface area contributed by atoms with Gasteiger partial charge in [-0.2, -0.15) is 0 Å². The van der Waals surface area contributed by atoms with Crippen LogP contribution in [0.2, 0.25) is 0 Å². The highest BCUT2D eigenvalue weighted by Gasteiger charge is 2.20. The number of carbonyl (C=O) groups is 1. The molecule has 332 valence electrons. The van der Waals surface area contributed by atoms with Crippen molar-refractivity contribution in [3.8, 4) is 0 Å². The second kappa shape index (κ2) is 21.3. The van der Waals surface area contributed by atoms with E-state index in [9.17, 15) is 4.79 Å². The predicted molar refractivity (Wildman–Crippen MR) is 284 cm³/mol. The lowest BCUT2D eigenvalue weighted by Gasteiger charge is -2.19. The smallest absolute Gasteiger partial charge is 0.211 e. The van der Waals surface area contributed by atoms with E-state index in [2.05, 4.69) is 172 Å². The Labute approximate surface area is 388 Å². The van der Waals surface area contributed by atoms with Crippen LogP contribution in [-0.4, -0.2) is 44.7 Å². The van der Waals surface area contributed by atoms with Crippen molar-refractivity contribution in [3.63, 3.8) is 0 Å². The molecule has 2 atom stereocenters. The van der Waals surface area contributed by atoms with E-state index in [0.29, 0.717) is 12.1 Å². The van der Waals surface area contributed by atoms with Gasteiger partial charge in [0.1, 0.15) is 0 Å². The van der Waals surface area contributed by atoms with E-state index in [0.717, 1.165) is 65.6 Å². The number of nitrogens with one attached hydrogen (secondary N) is 6. The van der Waals surface area contributed by atoms with E-state index in [-0.39, 0.29) is 0 Å². The van der Waals surface area contributed by atoms with Crippen molar-refractivity contribution in [2.45, 2.75) is 50.6 Å². The van der Waals surface area contributed by atoms with Gasteiger partial charge in [-0.05, 0) is 121 Å². The van der Waals surface area contributed by atoms with Crippen molar-refractivity contribution in [2.24, 2.45) is 0 Å². The Bertz CT molecular complexity index is 2880. The number of hydrogen-bond acceptors (Lipinski definition) is 6. The molecule has 3 heterocycles. The normalized spacial score (nSPS) is 16.5. The van der Waals surface area contributed by atoms with E-state index < -0.39 is 0 Å². The molecule has 7 heteroatoms. The second-order valence-electron chi connectivity index (χ2n) is 17.4. The highest BCUT2D eigenvalue weighted by atomic mass is 16.1. The lowest BCUT2D eigenvalue weighted by atomic mass is 10.0. The van der Waals surface area contributed by atoms with Gasteiger partial charge in [0.05, 0.1) is 11.4 Å². The molecule has 1 amide bonds. The fraction of sp³-hybridized carbons (Fsp3) is 0.203. The van der Waals surface area contributed by atoms with Crippen LogP contribution >= 0.6 is 0 Å². The average molecular weight is 869 g/mol. The highest BCUT2D eigenvalue weighted by Crippen LogP contribution is 2.36. The van der Waals surface area contributed by atoms with Gasteiger partial charge in [0.15, 0.2) is 0 Å². The van der Waals surface area contributed by atoms with E-state index in [1.54, 1.807) is 0 Å². The summed E-state index contributed by atoms with van der Waals surface area (Å²) >= 11 is 0. The zero-order chi connectivity index (χ0) is 45.1. The fourth-order valence-electron chi connectivity index (χ4n) is 9.62. The van der Waals surface area contributed by atoms with Crippen LogP contribution in [0.25, 0.3) is 64.6 Å². The minimum absolute atomic E-state index is 0.373. The standard InChI is InChI=1S/2C20H20N2.C15H11NO.C4H9N/c2*1-14(19-11-6-12-21-19)22-20-17-9-4-2-7-15(17)13-16-8-3-5-10-18(16)20;17-10-16-15-9-11-5-1-2-6-12(11)13-7-3-4-8-14(13)15;1-2-4-5-3-1/h2*2-5,7-10,13,19,21-22H,1,6,11-12H2;1-10H,(H,16,17);5H,1-4H2/t19-;;;/m0.../s1. The molecule has 0 spiro atoms. The van der Waals surface area contributed by atoms with Crippen molar-refractivity contribution in [1.82, 2.24) is 16.0 Å². The van der Waals surface area contributed by atoms with Gasteiger partial charge in [0.25, 0.3) is 0 Å². The van der Waals surface area contributed by atoms with Gasteiger partial charge in [-0.1, -0.05) is 159 Å². The van der Waals surface area contributed by atoms with Gasteiger partial charge in [0.2, 0.25) is 6.41 Å². The summed E-state index contributed by atoms with van der Waals surface area (Å²) in [5.74, 6) is 0. The summed E-state index contributed by atoms with van der Waals surface area (Å²) in [7, 11) is 0. The van der Waals surface area contributed by atoms with Gasteiger partial charge in [-0.25, -0.2) is 0 Å². The first-order chi connectivity index (χ1) is 32.6. The summed E-state index contributed by atoms with van der Waals surface area (Å²) in [6, 6.07) is 57.7. The largest absolute Gasteiger partial charge is 0.357 e. The molecule has 9 aromatic rings. The predicted octanol–water partition coefficient (Wildman–Crippen LogP) is 13.3. The molecule has 9 aromatic carbocycles. The molecule has 3 fully saturated rings. The monoisotopic (exact) mass is 868 g/mol. The van der Waals surface area contributed by atoms with E-state index in [1.807, 2.05) is 36.4 Å².